The summed E-state index contributed by atoms with van der Waals surface area (Å²) >= 11 is 9.19. The second-order valence-electron chi connectivity index (χ2n) is 5.81. The van der Waals surface area contributed by atoms with Crippen molar-refractivity contribution >= 4 is 50.9 Å². The van der Waals surface area contributed by atoms with Crippen LogP contribution in [-0.4, -0.2) is 24.3 Å². The first kappa shape index (κ1) is 18.4. The molecule has 2 aromatic carbocycles. The van der Waals surface area contributed by atoms with Gasteiger partial charge in [-0.1, -0.05) is 23.7 Å². The van der Waals surface area contributed by atoms with E-state index < -0.39 is 17.7 Å². The number of hydrogen-bond acceptors (Lipinski definition) is 3. The molecule has 1 atom stereocenters. The molecule has 0 aliphatic carbocycles. The summed E-state index contributed by atoms with van der Waals surface area (Å²) in [5.41, 5.74) is 5.83. The number of hydrogen-bond donors (Lipinski definition) is 2. The Morgan fingerprint density at radius 1 is 1.08 bits per heavy atom. The van der Waals surface area contributed by atoms with E-state index in [1.807, 2.05) is 24.3 Å². The second-order valence-corrected chi connectivity index (χ2v) is 7.10. The van der Waals surface area contributed by atoms with Crippen LogP contribution in [0.15, 0.2) is 53.0 Å². The van der Waals surface area contributed by atoms with Crippen molar-refractivity contribution in [3.63, 3.8) is 0 Å². The topological polar surface area (TPSA) is 78.5 Å². The molecule has 1 fully saturated rings. The van der Waals surface area contributed by atoms with Crippen molar-refractivity contribution in [2.75, 3.05) is 11.4 Å². The number of hydrazine groups is 1. The van der Waals surface area contributed by atoms with Gasteiger partial charge in [0.05, 0.1) is 11.6 Å². The minimum absolute atomic E-state index is 0.0873. The van der Waals surface area contributed by atoms with Crippen molar-refractivity contribution in [1.82, 2.24) is 10.9 Å². The van der Waals surface area contributed by atoms with Crippen molar-refractivity contribution < 1.29 is 14.4 Å². The van der Waals surface area contributed by atoms with E-state index in [1.165, 1.54) is 0 Å². The second kappa shape index (κ2) is 7.88. The van der Waals surface area contributed by atoms with E-state index in [1.54, 1.807) is 29.2 Å². The van der Waals surface area contributed by atoms with Crippen LogP contribution >= 0.6 is 27.5 Å². The maximum Gasteiger partial charge on any atom is 0.269 e. The predicted octanol–water partition coefficient (Wildman–Crippen LogP) is 2.92. The molecule has 26 heavy (non-hydrogen) atoms. The number of carbonyl (C=O) groups excluding carboxylic acids is 3. The number of carbonyl (C=O) groups is 3. The molecule has 0 spiro atoms. The largest absolute Gasteiger partial charge is 0.310 e. The van der Waals surface area contributed by atoms with E-state index in [-0.39, 0.29) is 18.9 Å². The maximum absolute atomic E-state index is 12.3. The Labute approximate surface area is 163 Å². The third-order valence-electron chi connectivity index (χ3n) is 4.04. The van der Waals surface area contributed by atoms with Gasteiger partial charge in [0.1, 0.15) is 0 Å². The van der Waals surface area contributed by atoms with Gasteiger partial charge in [-0.15, -0.1) is 0 Å². The van der Waals surface area contributed by atoms with Crippen LogP contribution in [0.25, 0.3) is 0 Å². The number of rotatable bonds is 3. The molecule has 2 aromatic rings. The van der Waals surface area contributed by atoms with Crippen molar-refractivity contribution in [1.29, 1.82) is 0 Å². The van der Waals surface area contributed by atoms with Crippen LogP contribution in [0.1, 0.15) is 16.8 Å². The number of nitrogens with zero attached hydrogens (tertiary/aromatic N) is 1. The summed E-state index contributed by atoms with van der Waals surface area (Å²) in [7, 11) is 0. The third-order valence-corrected chi connectivity index (χ3v) is 4.97. The lowest BCUT2D eigenvalue weighted by Crippen LogP contribution is -2.45. The van der Waals surface area contributed by atoms with Crippen molar-refractivity contribution in [3.8, 4) is 0 Å². The highest BCUT2D eigenvalue weighted by Gasteiger charge is 2.35. The van der Waals surface area contributed by atoms with Gasteiger partial charge in [0.2, 0.25) is 11.8 Å². The zero-order valence-electron chi connectivity index (χ0n) is 13.5. The zero-order valence-corrected chi connectivity index (χ0v) is 15.9. The summed E-state index contributed by atoms with van der Waals surface area (Å²) in [6.45, 7) is 0.254. The van der Waals surface area contributed by atoms with E-state index in [4.69, 9.17) is 11.6 Å². The average molecular weight is 437 g/mol. The predicted molar refractivity (Wildman–Crippen MR) is 102 cm³/mol. The van der Waals surface area contributed by atoms with Gasteiger partial charge in [0, 0.05) is 28.0 Å². The van der Waals surface area contributed by atoms with Crippen LogP contribution in [0.3, 0.4) is 0 Å². The number of benzene rings is 2. The smallest absolute Gasteiger partial charge is 0.269 e. The summed E-state index contributed by atoms with van der Waals surface area (Å²) in [6.07, 6.45) is 0.0873. The SMILES string of the molecule is O=C(NNC(=O)C1CC(=O)N(c2ccccc2Br)C1)c1ccc(Cl)cc1. The lowest BCUT2D eigenvalue weighted by molar-refractivity contribution is -0.126. The van der Waals surface area contributed by atoms with E-state index in [2.05, 4.69) is 26.8 Å². The first-order valence-electron chi connectivity index (χ1n) is 7.86. The zero-order chi connectivity index (χ0) is 18.7. The summed E-state index contributed by atoms with van der Waals surface area (Å²) in [6, 6.07) is 13.6. The molecule has 3 amide bonds. The maximum atomic E-state index is 12.3. The number of halogens is 2. The van der Waals surface area contributed by atoms with Crippen molar-refractivity contribution in [3.05, 3.63) is 63.6 Å². The quantitative estimate of drug-likeness (QED) is 0.726. The minimum Gasteiger partial charge on any atom is -0.310 e. The molecule has 1 unspecified atom stereocenters. The van der Waals surface area contributed by atoms with Gasteiger partial charge in [-0.3, -0.25) is 25.2 Å². The standard InChI is InChI=1S/C18H15BrClN3O3/c19-14-3-1-2-4-15(14)23-10-12(9-16(23)24)18(26)22-21-17(25)11-5-7-13(20)8-6-11/h1-8,12H,9-10H2,(H,21,25)(H,22,26). The molecule has 6 nitrogen and oxygen atoms in total. The molecule has 1 saturated heterocycles. The molecular formula is C18H15BrClN3O3. The Morgan fingerprint density at radius 3 is 2.46 bits per heavy atom. The van der Waals surface area contributed by atoms with Crippen LogP contribution in [-0.2, 0) is 9.59 Å². The first-order chi connectivity index (χ1) is 12.5. The highest BCUT2D eigenvalue weighted by molar-refractivity contribution is 9.10. The molecule has 0 radical (unpaired) electrons. The number of amides is 3. The van der Waals surface area contributed by atoms with Gasteiger partial charge < -0.3 is 4.90 Å². The van der Waals surface area contributed by atoms with Crippen LogP contribution in [0.2, 0.25) is 5.02 Å². The normalized spacial score (nSPS) is 16.5. The molecule has 134 valence electrons. The molecule has 1 aliphatic rings. The first-order valence-corrected chi connectivity index (χ1v) is 9.03. The molecule has 2 N–H and O–H groups in total. The lowest BCUT2D eigenvalue weighted by atomic mass is 10.1. The third kappa shape index (κ3) is 4.05. The summed E-state index contributed by atoms with van der Waals surface area (Å²) in [5, 5.41) is 0.516. The molecule has 1 heterocycles. The summed E-state index contributed by atoms with van der Waals surface area (Å²) in [4.78, 5) is 38.1. The fourth-order valence-electron chi connectivity index (χ4n) is 2.68. The molecule has 1 aliphatic heterocycles. The van der Waals surface area contributed by atoms with Gasteiger partial charge >= 0.3 is 0 Å². The molecule has 8 heteroatoms. The summed E-state index contributed by atoms with van der Waals surface area (Å²) < 4.78 is 0.783. The van der Waals surface area contributed by atoms with Crippen LogP contribution in [0.5, 0.6) is 0 Å². The van der Waals surface area contributed by atoms with Crippen molar-refractivity contribution in [2.24, 2.45) is 5.92 Å². The fourth-order valence-corrected chi connectivity index (χ4v) is 3.31. The van der Waals surface area contributed by atoms with Crippen molar-refractivity contribution in [2.45, 2.75) is 6.42 Å². The summed E-state index contributed by atoms with van der Waals surface area (Å²) in [5.74, 6) is -1.54. The Bertz CT molecular complexity index is 857. The van der Waals surface area contributed by atoms with E-state index in [0.29, 0.717) is 10.6 Å². The van der Waals surface area contributed by atoms with E-state index >= 15 is 0 Å². The monoisotopic (exact) mass is 435 g/mol. The average Bonchev–Trinajstić information content (AvgIpc) is 3.02. The van der Waals surface area contributed by atoms with Gasteiger partial charge in [-0.05, 0) is 52.3 Å². The highest BCUT2D eigenvalue weighted by atomic mass is 79.9. The van der Waals surface area contributed by atoms with Crippen LogP contribution in [0.4, 0.5) is 5.69 Å². The molecule has 0 bridgehead atoms. The van der Waals surface area contributed by atoms with E-state index in [9.17, 15) is 14.4 Å². The van der Waals surface area contributed by atoms with Gasteiger partial charge in [0.15, 0.2) is 0 Å². The number of para-hydroxylation sites is 1. The molecule has 3 rings (SSSR count). The van der Waals surface area contributed by atoms with Gasteiger partial charge in [-0.2, -0.15) is 0 Å². The van der Waals surface area contributed by atoms with Crippen LogP contribution in [0, 0.1) is 5.92 Å². The molecule has 0 saturated carbocycles. The van der Waals surface area contributed by atoms with Gasteiger partial charge in [-0.25, -0.2) is 0 Å². The number of nitrogens with one attached hydrogen (secondary N) is 2. The van der Waals surface area contributed by atoms with Crippen LogP contribution < -0.4 is 15.8 Å². The highest BCUT2D eigenvalue weighted by Crippen LogP contribution is 2.31. The Morgan fingerprint density at radius 2 is 1.77 bits per heavy atom. The Hall–Kier alpha value is -2.38. The van der Waals surface area contributed by atoms with Gasteiger partial charge in [0.25, 0.3) is 5.91 Å². The van der Waals surface area contributed by atoms with E-state index in [0.717, 1.165) is 10.2 Å². The number of anilines is 1. The Kier molecular flexibility index (Phi) is 5.58. The Balaban J connectivity index is 1.59. The minimum atomic E-state index is -0.542. The molecular weight excluding hydrogens is 422 g/mol. The molecule has 0 aromatic heterocycles. The fraction of sp³-hybridized carbons (Fsp3) is 0.167. The lowest BCUT2D eigenvalue weighted by Gasteiger charge is -2.18.